The van der Waals surface area contributed by atoms with E-state index in [1.807, 2.05) is 36.4 Å². The van der Waals surface area contributed by atoms with Crippen molar-refractivity contribution in [2.45, 2.75) is 5.41 Å². The molecule has 0 saturated heterocycles. The molecule has 7 aromatic rings. The zero-order chi connectivity index (χ0) is 29.5. The predicted octanol–water partition coefficient (Wildman–Crippen LogP) is 9.89. The number of fused-ring (bicyclic) bond motifs is 3. The number of aromatic nitrogens is 3. The van der Waals surface area contributed by atoms with E-state index < -0.39 is 5.41 Å². The van der Waals surface area contributed by atoms with Crippen LogP contribution in [-0.4, -0.2) is 15.0 Å². The fourth-order valence-corrected chi connectivity index (χ4v) is 6.83. The molecule has 0 saturated carbocycles. The highest BCUT2D eigenvalue weighted by Gasteiger charge is 2.46. The van der Waals surface area contributed by atoms with Gasteiger partial charge < -0.3 is 0 Å². The summed E-state index contributed by atoms with van der Waals surface area (Å²) in [6, 6.07) is 55.5. The van der Waals surface area contributed by atoms with E-state index in [9.17, 15) is 0 Å². The first-order valence-corrected chi connectivity index (χ1v) is 15.0. The van der Waals surface area contributed by atoms with Crippen molar-refractivity contribution in [1.29, 1.82) is 0 Å². The Hall–Kier alpha value is -5.38. The Balaban J connectivity index is 1.39. The van der Waals surface area contributed by atoms with Gasteiger partial charge in [-0.3, -0.25) is 0 Å². The van der Waals surface area contributed by atoms with Crippen molar-refractivity contribution in [3.8, 4) is 45.0 Å². The molecule has 0 N–H and O–H groups in total. The standard InChI is InChI=1S/C40H26ClN3/c41-39-43-37(28-15-5-2-6-16-28)42-38(44-39)30-18-12-20-32(26-30)40(31-19-11-17-29(25-31)27-13-3-1-4-14-27)35-23-9-7-21-33(35)34-22-8-10-24-36(34)40/h1-26H. The Kier molecular flexibility index (Phi) is 6.40. The van der Waals surface area contributed by atoms with Gasteiger partial charge in [0.25, 0.3) is 0 Å². The van der Waals surface area contributed by atoms with E-state index in [1.54, 1.807) is 0 Å². The molecule has 1 aromatic heterocycles. The van der Waals surface area contributed by atoms with Gasteiger partial charge in [-0.2, -0.15) is 9.97 Å². The van der Waals surface area contributed by atoms with Gasteiger partial charge in [0.15, 0.2) is 11.6 Å². The molecule has 1 heterocycles. The first-order chi connectivity index (χ1) is 21.7. The molecule has 0 atom stereocenters. The third kappa shape index (κ3) is 4.24. The van der Waals surface area contributed by atoms with Crippen LogP contribution >= 0.6 is 11.6 Å². The summed E-state index contributed by atoms with van der Waals surface area (Å²) in [5.41, 5.74) is 10.9. The SMILES string of the molecule is Clc1nc(-c2ccccc2)nc(-c2cccc(C3(c4cccc(-c5ccccc5)c4)c4ccccc4-c4ccccc43)c2)n1. The molecule has 3 nitrogen and oxygen atoms in total. The van der Waals surface area contributed by atoms with E-state index in [4.69, 9.17) is 16.6 Å². The van der Waals surface area contributed by atoms with Gasteiger partial charge in [-0.25, -0.2) is 4.98 Å². The van der Waals surface area contributed by atoms with Crippen molar-refractivity contribution in [1.82, 2.24) is 15.0 Å². The molecule has 6 aromatic carbocycles. The maximum absolute atomic E-state index is 6.49. The maximum atomic E-state index is 6.49. The van der Waals surface area contributed by atoms with Crippen molar-refractivity contribution in [3.63, 3.8) is 0 Å². The minimum Gasteiger partial charge on any atom is -0.208 e. The van der Waals surface area contributed by atoms with Crippen LogP contribution < -0.4 is 0 Å². The second kappa shape index (κ2) is 10.7. The number of benzene rings is 6. The van der Waals surface area contributed by atoms with Gasteiger partial charge in [-0.1, -0.05) is 146 Å². The molecular formula is C40H26ClN3. The van der Waals surface area contributed by atoms with Gasteiger partial charge in [0.1, 0.15) is 0 Å². The Morgan fingerprint density at radius 2 is 0.841 bits per heavy atom. The predicted molar refractivity (Wildman–Crippen MR) is 178 cm³/mol. The summed E-state index contributed by atoms with van der Waals surface area (Å²) in [4.78, 5) is 13.9. The van der Waals surface area contributed by atoms with E-state index in [1.165, 1.54) is 38.9 Å². The van der Waals surface area contributed by atoms with Gasteiger partial charge in [0.2, 0.25) is 5.28 Å². The fraction of sp³-hybridized carbons (Fsp3) is 0.0250. The van der Waals surface area contributed by atoms with E-state index in [2.05, 4.69) is 131 Å². The second-order valence-electron chi connectivity index (χ2n) is 11.0. The Bertz CT molecular complexity index is 2100. The van der Waals surface area contributed by atoms with Gasteiger partial charge in [-0.15, -0.1) is 0 Å². The lowest BCUT2D eigenvalue weighted by Gasteiger charge is -2.34. The highest BCUT2D eigenvalue weighted by Crippen LogP contribution is 2.56. The van der Waals surface area contributed by atoms with Crippen LogP contribution in [0.3, 0.4) is 0 Å². The van der Waals surface area contributed by atoms with Crippen molar-refractivity contribution in [2.75, 3.05) is 0 Å². The van der Waals surface area contributed by atoms with E-state index in [0.717, 1.165) is 16.7 Å². The summed E-state index contributed by atoms with van der Waals surface area (Å²) in [5, 5.41) is 0.168. The maximum Gasteiger partial charge on any atom is 0.226 e. The van der Waals surface area contributed by atoms with Gasteiger partial charge in [-0.05, 0) is 68.2 Å². The molecule has 208 valence electrons. The average molecular weight is 584 g/mol. The van der Waals surface area contributed by atoms with Crippen LogP contribution in [0.5, 0.6) is 0 Å². The average Bonchev–Trinajstić information content (AvgIpc) is 3.40. The quantitative estimate of drug-likeness (QED) is 0.202. The number of halogens is 1. The van der Waals surface area contributed by atoms with Crippen molar-refractivity contribution >= 4 is 11.6 Å². The monoisotopic (exact) mass is 583 g/mol. The van der Waals surface area contributed by atoms with Gasteiger partial charge in [0.05, 0.1) is 5.41 Å². The third-order valence-corrected chi connectivity index (χ3v) is 8.72. The first kappa shape index (κ1) is 26.3. The first-order valence-electron chi connectivity index (χ1n) is 14.6. The smallest absolute Gasteiger partial charge is 0.208 e. The lowest BCUT2D eigenvalue weighted by molar-refractivity contribution is 0.769. The molecule has 0 spiro atoms. The van der Waals surface area contributed by atoms with Crippen LogP contribution in [0.15, 0.2) is 158 Å². The highest BCUT2D eigenvalue weighted by atomic mass is 35.5. The summed E-state index contributed by atoms with van der Waals surface area (Å²) in [6.07, 6.45) is 0. The topological polar surface area (TPSA) is 38.7 Å². The number of nitrogens with zero attached hydrogens (tertiary/aromatic N) is 3. The highest BCUT2D eigenvalue weighted by molar-refractivity contribution is 6.28. The Morgan fingerprint density at radius 1 is 0.386 bits per heavy atom. The van der Waals surface area contributed by atoms with Crippen molar-refractivity contribution < 1.29 is 0 Å². The molecule has 44 heavy (non-hydrogen) atoms. The normalized spacial score (nSPS) is 12.8. The molecule has 0 bridgehead atoms. The third-order valence-electron chi connectivity index (χ3n) is 8.55. The van der Waals surface area contributed by atoms with Crippen LogP contribution in [0.4, 0.5) is 0 Å². The zero-order valence-electron chi connectivity index (χ0n) is 23.7. The van der Waals surface area contributed by atoms with Gasteiger partial charge in [0, 0.05) is 11.1 Å². The summed E-state index contributed by atoms with van der Waals surface area (Å²) < 4.78 is 0. The molecule has 0 fully saturated rings. The number of hydrogen-bond acceptors (Lipinski definition) is 3. The molecule has 0 amide bonds. The van der Waals surface area contributed by atoms with Crippen LogP contribution in [0.2, 0.25) is 5.28 Å². The molecular weight excluding hydrogens is 558 g/mol. The Labute approximate surface area is 261 Å². The van der Waals surface area contributed by atoms with E-state index >= 15 is 0 Å². The van der Waals surface area contributed by atoms with Crippen LogP contribution in [0.1, 0.15) is 22.3 Å². The van der Waals surface area contributed by atoms with Gasteiger partial charge >= 0.3 is 0 Å². The second-order valence-corrected chi connectivity index (χ2v) is 11.3. The Morgan fingerprint density at radius 3 is 1.45 bits per heavy atom. The number of hydrogen-bond donors (Lipinski definition) is 0. The molecule has 8 rings (SSSR count). The summed E-state index contributed by atoms with van der Waals surface area (Å²) >= 11 is 6.49. The minimum atomic E-state index is -0.562. The molecule has 0 unspecified atom stereocenters. The van der Waals surface area contributed by atoms with E-state index in [0.29, 0.717) is 11.6 Å². The molecule has 0 aliphatic heterocycles. The van der Waals surface area contributed by atoms with Crippen molar-refractivity contribution in [2.24, 2.45) is 0 Å². The molecule has 1 aliphatic rings. The van der Waals surface area contributed by atoms with E-state index in [-0.39, 0.29) is 5.28 Å². The summed E-state index contributed by atoms with van der Waals surface area (Å²) in [6.45, 7) is 0. The van der Waals surface area contributed by atoms with Crippen LogP contribution in [0, 0.1) is 0 Å². The zero-order valence-corrected chi connectivity index (χ0v) is 24.5. The largest absolute Gasteiger partial charge is 0.226 e. The summed E-state index contributed by atoms with van der Waals surface area (Å²) in [5.74, 6) is 1.09. The molecule has 4 heteroatoms. The lowest BCUT2D eigenvalue weighted by Crippen LogP contribution is -2.28. The lowest BCUT2D eigenvalue weighted by atomic mass is 9.67. The molecule has 0 radical (unpaired) electrons. The summed E-state index contributed by atoms with van der Waals surface area (Å²) in [7, 11) is 0. The fourth-order valence-electron chi connectivity index (χ4n) is 6.67. The minimum absolute atomic E-state index is 0.168. The van der Waals surface area contributed by atoms with Crippen LogP contribution in [-0.2, 0) is 5.41 Å². The number of rotatable bonds is 5. The molecule has 1 aliphatic carbocycles. The van der Waals surface area contributed by atoms with Crippen LogP contribution in [0.25, 0.3) is 45.0 Å². The van der Waals surface area contributed by atoms with Crippen molar-refractivity contribution in [3.05, 3.63) is 185 Å².